The molecule has 1 aromatic rings. The third-order valence-corrected chi connectivity index (χ3v) is 6.23. The highest BCUT2D eigenvalue weighted by Gasteiger charge is 2.51. The number of amides is 4. The summed E-state index contributed by atoms with van der Waals surface area (Å²) in [7, 11) is 1.39. The molecule has 9 nitrogen and oxygen atoms in total. The van der Waals surface area contributed by atoms with Crippen LogP contribution in [-0.2, 0) is 28.7 Å². The van der Waals surface area contributed by atoms with Crippen molar-refractivity contribution < 1.29 is 28.7 Å². The van der Waals surface area contributed by atoms with Gasteiger partial charge < -0.3 is 15.0 Å². The van der Waals surface area contributed by atoms with Crippen LogP contribution in [0.2, 0.25) is 5.02 Å². The second kappa shape index (κ2) is 10.1. The van der Waals surface area contributed by atoms with Gasteiger partial charge in [-0.1, -0.05) is 36.6 Å². The third kappa shape index (κ3) is 5.09. The van der Waals surface area contributed by atoms with Crippen molar-refractivity contribution in [2.24, 2.45) is 11.8 Å². The summed E-state index contributed by atoms with van der Waals surface area (Å²) in [6, 6.07) is 5.57. The minimum absolute atomic E-state index is 0.274. The number of hydrogen-bond acceptors (Lipinski definition) is 6. The van der Waals surface area contributed by atoms with E-state index in [0.29, 0.717) is 23.6 Å². The lowest BCUT2D eigenvalue weighted by molar-refractivity contribution is -0.161. The molecular formula is C22H26ClN3O6. The molecule has 3 unspecified atom stereocenters. The minimum Gasteiger partial charge on any atom is -0.454 e. The molecule has 2 aliphatic rings. The van der Waals surface area contributed by atoms with Crippen molar-refractivity contribution >= 4 is 46.9 Å². The number of carbonyl (C=O) groups is 5. The summed E-state index contributed by atoms with van der Waals surface area (Å²) >= 11 is 5.99. The Kier molecular flexibility index (Phi) is 7.50. The number of anilines is 1. The van der Waals surface area contributed by atoms with Crippen LogP contribution in [0.25, 0.3) is 0 Å². The second-order valence-electron chi connectivity index (χ2n) is 8.11. The number of para-hydroxylation sites is 1. The molecule has 1 N–H and O–H groups in total. The molecule has 3 rings (SSSR count). The van der Waals surface area contributed by atoms with Crippen LogP contribution in [0.5, 0.6) is 0 Å². The first-order valence-corrected chi connectivity index (χ1v) is 10.9. The molecule has 172 valence electrons. The van der Waals surface area contributed by atoms with Crippen LogP contribution in [0.15, 0.2) is 24.3 Å². The van der Waals surface area contributed by atoms with Crippen LogP contribution in [-0.4, -0.2) is 65.6 Å². The molecule has 0 aromatic heterocycles. The Morgan fingerprint density at radius 3 is 2.34 bits per heavy atom. The molecule has 1 saturated carbocycles. The zero-order chi connectivity index (χ0) is 23.4. The molecule has 1 aliphatic heterocycles. The van der Waals surface area contributed by atoms with E-state index in [2.05, 4.69) is 5.32 Å². The molecule has 3 atom stereocenters. The predicted octanol–water partition coefficient (Wildman–Crippen LogP) is 1.84. The van der Waals surface area contributed by atoms with Gasteiger partial charge in [0.05, 0.1) is 29.1 Å². The highest BCUT2D eigenvalue weighted by molar-refractivity contribution is 6.33. The second-order valence-corrected chi connectivity index (χ2v) is 8.51. The van der Waals surface area contributed by atoms with Crippen molar-refractivity contribution in [2.45, 2.75) is 38.6 Å². The fourth-order valence-electron chi connectivity index (χ4n) is 4.09. The van der Waals surface area contributed by atoms with Crippen molar-refractivity contribution in [3.63, 3.8) is 0 Å². The topological polar surface area (TPSA) is 113 Å². The van der Waals surface area contributed by atoms with Crippen molar-refractivity contribution in [3.05, 3.63) is 29.3 Å². The van der Waals surface area contributed by atoms with Crippen molar-refractivity contribution in [2.75, 3.05) is 25.5 Å². The van der Waals surface area contributed by atoms with Gasteiger partial charge >= 0.3 is 5.97 Å². The summed E-state index contributed by atoms with van der Waals surface area (Å²) in [5.41, 5.74) is 0.417. The van der Waals surface area contributed by atoms with Gasteiger partial charge in [-0.05, 0) is 31.9 Å². The average molecular weight is 464 g/mol. The van der Waals surface area contributed by atoms with Crippen LogP contribution in [0.1, 0.15) is 32.6 Å². The molecule has 2 fully saturated rings. The number of rotatable bonds is 7. The number of esters is 1. The van der Waals surface area contributed by atoms with E-state index in [1.54, 1.807) is 24.3 Å². The van der Waals surface area contributed by atoms with Crippen molar-refractivity contribution in [1.82, 2.24) is 9.80 Å². The zero-order valence-corrected chi connectivity index (χ0v) is 18.8. The molecule has 1 saturated heterocycles. The number of imide groups is 1. The summed E-state index contributed by atoms with van der Waals surface area (Å²) in [5.74, 6) is -3.33. The van der Waals surface area contributed by atoms with Gasteiger partial charge in [-0.15, -0.1) is 0 Å². The van der Waals surface area contributed by atoms with Crippen molar-refractivity contribution in [1.29, 1.82) is 0 Å². The van der Waals surface area contributed by atoms with Gasteiger partial charge in [-0.3, -0.25) is 24.1 Å². The Hall–Kier alpha value is -2.94. The summed E-state index contributed by atoms with van der Waals surface area (Å²) in [5, 5.41) is 2.96. The Morgan fingerprint density at radius 2 is 1.75 bits per heavy atom. The van der Waals surface area contributed by atoms with Crippen LogP contribution in [0.3, 0.4) is 0 Å². The quantitative estimate of drug-likeness (QED) is 0.487. The normalized spacial score (nSPS) is 21.0. The maximum atomic E-state index is 12.6. The highest BCUT2D eigenvalue weighted by atomic mass is 35.5. The molecule has 0 radical (unpaired) electrons. The standard InChI is InChI=1S/C22H26ClN3O6/c1-13(26-20(29)14-7-3-4-8-15(14)21(26)30)22(31)32-12-19(28)25(2)11-18(27)24-17-10-6-5-9-16(17)23/h5-6,9-10,13-15H,3-4,7-8,11-12H2,1-2H3,(H,24,27). The molecule has 1 aromatic carbocycles. The number of likely N-dealkylation sites (N-methyl/N-ethyl adjacent to an activating group) is 1. The van der Waals surface area contributed by atoms with Gasteiger partial charge in [0.2, 0.25) is 17.7 Å². The van der Waals surface area contributed by atoms with E-state index < -0.39 is 30.4 Å². The van der Waals surface area contributed by atoms with Gasteiger partial charge in [0.1, 0.15) is 6.04 Å². The molecule has 4 amide bonds. The van der Waals surface area contributed by atoms with E-state index in [1.165, 1.54) is 14.0 Å². The first-order valence-electron chi connectivity index (χ1n) is 10.5. The van der Waals surface area contributed by atoms with Crippen LogP contribution in [0, 0.1) is 11.8 Å². The minimum atomic E-state index is -1.11. The number of carbonyl (C=O) groups excluding carboxylic acids is 5. The number of ether oxygens (including phenoxy) is 1. The van der Waals surface area contributed by atoms with E-state index in [1.807, 2.05) is 0 Å². The maximum Gasteiger partial charge on any atom is 0.329 e. The monoisotopic (exact) mass is 463 g/mol. The first-order chi connectivity index (χ1) is 15.2. The molecule has 0 bridgehead atoms. The maximum absolute atomic E-state index is 12.6. The van der Waals surface area contributed by atoms with E-state index in [4.69, 9.17) is 16.3 Å². The van der Waals surface area contributed by atoms with Gasteiger partial charge in [-0.2, -0.15) is 0 Å². The van der Waals surface area contributed by atoms with Crippen LogP contribution in [0.4, 0.5) is 5.69 Å². The van der Waals surface area contributed by atoms with Gasteiger partial charge in [0, 0.05) is 7.05 Å². The number of halogens is 1. The summed E-state index contributed by atoms with van der Waals surface area (Å²) in [4.78, 5) is 64.1. The summed E-state index contributed by atoms with van der Waals surface area (Å²) in [6.07, 6.45) is 3.07. The van der Waals surface area contributed by atoms with Gasteiger partial charge in [0.25, 0.3) is 5.91 Å². The van der Waals surface area contributed by atoms with Gasteiger partial charge in [0.15, 0.2) is 6.61 Å². The highest BCUT2D eigenvalue weighted by Crippen LogP contribution is 2.38. The zero-order valence-electron chi connectivity index (χ0n) is 18.0. The van der Waals surface area contributed by atoms with Gasteiger partial charge in [-0.25, -0.2) is 4.79 Å². The predicted molar refractivity (Wildman–Crippen MR) is 115 cm³/mol. The summed E-state index contributed by atoms with van der Waals surface area (Å²) in [6.45, 7) is 0.534. The number of nitrogens with one attached hydrogen (secondary N) is 1. The fourth-order valence-corrected chi connectivity index (χ4v) is 4.28. The van der Waals surface area contributed by atoms with Crippen molar-refractivity contribution in [3.8, 4) is 0 Å². The van der Waals surface area contributed by atoms with E-state index in [9.17, 15) is 24.0 Å². The summed E-state index contributed by atoms with van der Waals surface area (Å²) < 4.78 is 5.04. The van der Waals surface area contributed by atoms with Crippen LogP contribution >= 0.6 is 11.6 Å². The molecule has 10 heteroatoms. The number of benzene rings is 1. The largest absolute Gasteiger partial charge is 0.454 e. The first kappa shape index (κ1) is 23.7. The average Bonchev–Trinajstić information content (AvgIpc) is 3.03. The molecule has 0 spiro atoms. The Bertz CT molecular complexity index is 912. The fraction of sp³-hybridized carbons (Fsp3) is 0.500. The Balaban J connectivity index is 1.49. The number of nitrogens with zero attached hydrogens (tertiary/aromatic N) is 2. The smallest absolute Gasteiger partial charge is 0.329 e. The van der Waals surface area contributed by atoms with E-state index >= 15 is 0 Å². The number of fused-ring (bicyclic) bond motifs is 1. The molecule has 32 heavy (non-hydrogen) atoms. The van der Waals surface area contributed by atoms with E-state index in [-0.39, 0.29) is 30.2 Å². The Morgan fingerprint density at radius 1 is 1.16 bits per heavy atom. The van der Waals surface area contributed by atoms with Crippen LogP contribution < -0.4 is 5.32 Å². The Labute approximate surface area is 191 Å². The third-order valence-electron chi connectivity index (χ3n) is 5.90. The lowest BCUT2D eigenvalue weighted by Gasteiger charge is -2.22. The molecule has 1 heterocycles. The molecule has 1 aliphatic carbocycles. The van der Waals surface area contributed by atoms with E-state index in [0.717, 1.165) is 22.6 Å². The lowest BCUT2D eigenvalue weighted by atomic mass is 9.81. The molecular weight excluding hydrogens is 438 g/mol. The number of hydrogen-bond donors (Lipinski definition) is 1. The SMILES string of the molecule is CC(C(=O)OCC(=O)N(C)CC(=O)Nc1ccccc1Cl)N1C(=O)C2CCCCC2C1=O. The lowest BCUT2D eigenvalue weighted by Crippen LogP contribution is -2.45. The number of likely N-dealkylation sites (tertiary alicyclic amines) is 1.